The van der Waals surface area contributed by atoms with Crippen LogP contribution in [0.15, 0.2) is 17.9 Å². The van der Waals surface area contributed by atoms with E-state index in [0.29, 0.717) is 25.2 Å². The van der Waals surface area contributed by atoms with E-state index in [-0.39, 0.29) is 11.7 Å². The van der Waals surface area contributed by atoms with Crippen LogP contribution in [0.5, 0.6) is 0 Å². The summed E-state index contributed by atoms with van der Waals surface area (Å²) in [4.78, 5) is 12.5. The van der Waals surface area contributed by atoms with Gasteiger partial charge in [0.05, 0.1) is 11.1 Å². The zero-order valence-corrected chi connectivity index (χ0v) is 14.0. The lowest BCUT2D eigenvalue weighted by Crippen LogP contribution is -2.42. The largest absolute Gasteiger partial charge is 0.509 e. The number of aliphatic hydroxyl groups is 1. The van der Waals surface area contributed by atoms with Gasteiger partial charge in [-0.3, -0.25) is 4.79 Å². The second kappa shape index (κ2) is 6.13. The van der Waals surface area contributed by atoms with Crippen molar-refractivity contribution < 1.29 is 14.6 Å². The van der Waals surface area contributed by atoms with Crippen LogP contribution in [0.3, 0.4) is 0 Å². The normalized spacial score (nSPS) is 21.4. The Labute approximate surface area is 132 Å². The van der Waals surface area contributed by atoms with E-state index in [4.69, 9.17) is 4.74 Å². The van der Waals surface area contributed by atoms with Crippen molar-refractivity contribution in [1.29, 1.82) is 0 Å². The first kappa shape index (κ1) is 16.6. The van der Waals surface area contributed by atoms with Crippen molar-refractivity contribution in [2.45, 2.75) is 46.6 Å². The van der Waals surface area contributed by atoms with Gasteiger partial charge in [-0.1, -0.05) is 17.7 Å². The van der Waals surface area contributed by atoms with Gasteiger partial charge >= 0.3 is 0 Å². The Bertz CT molecular complexity index is 610. The molecule has 0 saturated carbocycles. The molecule has 1 aliphatic rings. The van der Waals surface area contributed by atoms with Crippen LogP contribution < -0.4 is 5.32 Å². The molecule has 1 aromatic carbocycles. The summed E-state index contributed by atoms with van der Waals surface area (Å²) in [5, 5.41) is 13.6. The fourth-order valence-electron chi connectivity index (χ4n) is 3.16. The van der Waals surface area contributed by atoms with Gasteiger partial charge in [0, 0.05) is 19.6 Å². The van der Waals surface area contributed by atoms with Crippen LogP contribution in [0.25, 0.3) is 5.57 Å². The number of hydrogen-bond donors (Lipinski definition) is 2. The van der Waals surface area contributed by atoms with Gasteiger partial charge in [0.25, 0.3) is 5.91 Å². The van der Waals surface area contributed by atoms with Crippen molar-refractivity contribution in [2.75, 3.05) is 13.2 Å². The fraction of sp³-hybridized carbons (Fsp3) is 0.500. The standard InChI is InChI=1S/C18H25NO3/c1-6-22-8-7-18(5)16(20)15(17(21)19-18)14-12(3)9-11(2)10-13(14)4/h9-10,20H,6-8H2,1-5H3,(H,19,21). The molecule has 4 nitrogen and oxygen atoms in total. The molecule has 0 spiro atoms. The minimum absolute atomic E-state index is 0.118. The Kier molecular flexibility index (Phi) is 4.61. The minimum atomic E-state index is -0.759. The first-order valence-corrected chi connectivity index (χ1v) is 7.72. The topological polar surface area (TPSA) is 58.6 Å². The van der Waals surface area contributed by atoms with Crippen molar-refractivity contribution in [2.24, 2.45) is 0 Å². The lowest BCUT2D eigenvalue weighted by atomic mass is 9.90. The summed E-state index contributed by atoms with van der Waals surface area (Å²) >= 11 is 0. The molecule has 0 aliphatic carbocycles. The summed E-state index contributed by atoms with van der Waals surface area (Å²) in [7, 11) is 0. The highest BCUT2D eigenvalue weighted by molar-refractivity contribution is 6.23. The molecule has 120 valence electrons. The highest BCUT2D eigenvalue weighted by Gasteiger charge is 2.42. The summed E-state index contributed by atoms with van der Waals surface area (Å²) in [6, 6.07) is 4.07. The van der Waals surface area contributed by atoms with E-state index in [2.05, 4.69) is 5.32 Å². The number of carbonyl (C=O) groups excluding carboxylic acids is 1. The predicted molar refractivity (Wildman–Crippen MR) is 87.9 cm³/mol. The maximum absolute atomic E-state index is 12.5. The molecule has 0 saturated heterocycles. The van der Waals surface area contributed by atoms with Crippen LogP contribution in [0.4, 0.5) is 0 Å². The lowest BCUT2D eigenvalue weighted by molar-refractivity contribution is -0.116. The summed E-state index contributed by atoms with van der Waals surface area (Å²) < 4.78 is 5.36. The molecule has 4 heteroatoms. The van der Waals surface area contributed by atoms with Crippen molar-refractivity contribution in [3.8, 4) is 0 Å². The molecule has 2 rings (SSSR count). The highest BCUT2D eigenvalue weighted by atomic mass is 16.5. The maximum Gasteiger partial charge on any atom is 0.256 e. The highest BCUT2D eigenvalue weighted by Crippen LogP contribution is 2.36. The van der Waals surface area contributed by atoms with Gasteiger partial charge in [-0.05, 0) is 51.3 Å². The third-order valence-electron chi connectivity index (χ3n) is 4.25. The van der Waals surface area contributed by atoms with Gasteiger partial charge in [0.1, 0.15) is 5.76 Å². The molecule has 1 amide bonds. The van der Waals surface area contributed by atoms with Gasteiger partial charge < -0.3 is 15.2 Å². The van der Waals surface area contributed by atoms with Gasteiger partial charge in [-0.25, -0.2) is 0 Å². The Hall–Kier alpha value is -1.81. The van der Waals surface area contributed by atoms with E-state index in [1.165, 1.54) is 0 Å². The maximum atomic E-state index is 12.5. The van der Waals surface area contributed by atoms with Crippen LogP contribution in [-0.4, -0.2) is 29.8 Å². The molecule has 0 fully saturated rings. The molecule has 1 heterocycles. The van der Waals surface area contributed by atoms with E-state index < -0.39 is 5.54 Å². The van der Waals surface area contributed by atoms with Crippen LogP contribution in [-0.2, 0) is 9.53 Å². The zero-order chi connectivity index (χ0) is 16.5. The van der Waals surface area contributed by atoms with E-state index in [9.17, 15) is 9.90 Å². The molecule has 22 heavy (non-hydrogen) atoms. The molecular weight excluding hydrogens is 278 g/mol. The van der Waals surface area contributed by atoms with Crippen molar-refractivity contribution in [3.05, 3.63) is 40.1 Å². The van der Waals surface area contributed by atoms with E-state index in [1.807, 2.05) is 46.8 Å². The number of carbonyl (C=O) groups is 1. The van der Waals surface area contributed by atoms with Gasteiger partial charge in [-0.2, -0.15) is 0 Å². The van der Waals surface area contributed by atoms with Crippen LogP contribution in [0.1, 0.15) is 42.5 Å². The molecule has 0 aromatic heterocycles. The number of aryl methyl sites for hydroxylation is 3. The molecule has 0 radical (unpaired) electrons. The smallest absolute Gasteiger partial charge is 0.256 e. The first-order chi connectivity index (χ1) is 10.3. The third-order valence-corrected chi connectivity index (χ3v) is 4.25. The Morgan fingerprint density at radius 2 is 1.82 bits per heavy atom. The number of rotatable bonds is 5. The SMILES string of the molecule is CCOCCC1(C)NC(=O)C(c2c(C)cc(C)cc2C)=C1O. The van der Waals surface area contributed by atoms with Gasteiger partial charge in [0.15, 0.2) is 0 Å². The minimum Gasteiger partial charge on any atom is -0.509 e. The zero-order valence-electron chi connectivity index (χ0n) is 14.0. The quantitative estimate of drug-likeness (QED) is 0.821. The van der Waals surface area contributed by atoms with Crippen LogP contribution >= 0.6 is 0 Å². The number of hydrogen-bond acceptors (Lipinski definition) is 3. The van der Waals surface area contributed by atoms with E-state index in [0.717, 1.165) is 22.3 Å². The van der Waals surface area contributed by atoms with Gasteiger partial charge in [0.2, 0.25) is 0 Å². The summed E-state index contributed by atoms with van der Waals surface area (Å²) in [6.45, 7) is 10.9. The molecule has 0 bridgehead atoms. The molecule has 2 N–H and O–H groups in total. The summed E-state index contributed by atoms with van der Waals surface area (Å²) in [6.07, 6.45) is 0.547. The molecular formula is C18H25NO3. The second-order valence-corrected chi connectivity index (χ2v) is 6.23. The Morgan fingerprint density at radius 1 is 1.23 bits per heavy atom. The van der Waals surface area contributed by atoms with Crippen molar-refractivity contribution in [1.82, 2.24) is 5.32 Å². The Balaban J connectivity index is 2.46. The first-order valence-electron chi connectivity index (χ1n) is 7.72. The fourth-order valence-corrected chi connectivity index (χ4v) is 3.16. The number of nitrogens with one attached hydrogen (secondary N) is 1. The molecule has 1 aliphatic heterocycles. The van der Waals surface area contributed by atoms with Gasteiger partial charge in [-0.15, -0.1) is 0 Å². The predicted octanol–water partition coefficient (Wildman–Crippen LogP) is 3.20. The van der Waals surface area contributed by atoms with Crippen molar-refractivity contribution in [3.63, 3.8) is 0 Å². The number of ether oxygens (including phenoxy) is 1. The van der Waals surface area contributed by atoms with Crippen LogP contribution in [0, 0.1) is 20.8 Å². The average Bonchev–Trinajstić information content (AvgIpc) is 2.62. The lowest BCUT2D eigenvalue weighted by Gasteiger charge is -2.24. The molecule has 1 aromatic rings. The second-order valence-electron chi connectivity index (χ2n) is 6.23. The molecule has 1 unspecified atom stereocenters. The Morgan fingerprint density at radius 3 is 2.36 bits per heavy atom. The average molecular weight is 303 g/mol. The van der Waals surface area contributed by atoms with Crippen LogP contribution in [0.2, 0.25) is 0 Å². The number of amides is 1. The van der Waals surface area contributed by atoms with E-state index >= 15 is 0 Å². The van der Waals surface area contributed by atoms with E-state index in [1.54, 1.807) is 0 Å². The number of benzene rings is 1. The van der Waals surface area contributed by atoms with Crippen molar-refractivity contribution >= 4 is 11.5 Å². The third kappa shape index (κ3) is 2.88. The number of aliphatic hydroxyl groups excluding tert-OH is 1. The summed E-state index contributed by atoms with van der Waals surface area (Å²) in [5.74, 6) is -0.0983. The molecule has 1 atom stereocenters. The monoisotopic (exact) mass is 303 g/mol. The summed E-state index contributed by atoms with van der Waals surface area (Å²) in [5.41, 5.74) is 3.63.